The average Bonchev–Trinajstić information content (AvgIpc) is 2.45. The summed E-state index contributed by atoms with van der Waals surface area (Å²) in [5, 5.41) is 12.7. The van der Waals surface area contributed by atoms with Gasteiger partial charge in [-0.2, -0.15) is 0 Å². The summed E-state index contributed by atoms with van der Waals surface area (Å²) in [7, 11) is 0. The SMILES string of the molecule is CC(C)(O)CN1CCN(C(=O)NCc2cccnc2)CC1. The molecule has 6 heteroatoms. The molecule has 0 aromatic carbocycles. The third-order valence-electron chi connectivity index (χ3n) is 3.44. The molecule has 6 nitrogen and oxygen atoms in total. The van der Waals surface area contributed by atoms with Gasteiger partial charge in [0.05, 0.1) is 5.60 Å². The number of aliphatic hydroxyl groups is 1. The number of urea groups is 1. The smallest absolute Gasteiger partial charge is 0.317 e. The van der Waals surface area contributed by atoms with Crippen molar-refractivity contribution >= 4 is 6.03 Å². The van der Waals surface area contributed by atoms with Crippen LogP contribution in [0.3, 0.4) is 0 Å². The maximum absolute atomic E-state index is 12.1. The molecule has 21 heavy (non-hydrogen) atoms. The van der Waals surface area contributed by atoms with Crippen LogP contribution in [0.2, 0.25) is 0 Å². The Morgan fingerprint density at radius 2 is 2.10 bits per heavy atom. The molecule has 0 saturated carbocycles. The number of rotatable bonds is 4. The highest BCUT2D eigenvalue weighted by molar-refractivity contribution is 5.74. The molecule has 0 atom stereocenters. The molecule has 1 aromatic heterocycles. The fourth-order valence-corrected chi connectivity index (χ4v) is 2.45. The minimum Gasteiger partial charge on any atom is -0.389 e. The number of carbonyl (C=O) groups excluding carboxylic acids is 1. The van der Waals surface area contributed by atoms with Gasteiger partial charge in [0, 0.05) is 51.7 Å². The van der Waals surface area contributed by atoms with Crippen LogP contribution in [0.1, 0.15) is 19.4 Å². The van der Waals surface area contributed by atoms with Gasteiger partial charge in [0.15, 0.2) is 0 Å². The monoisotopic (exact) mass is 292 g/mol. The van der Waals surface area contributed by atoms with Crippen LogP contribution in [0.25, 0.3) is 0 Å². The summed E-state index contributed by atoms with van der Waals surface area (Å²) < 4.78 is 0. The van der Waals surface area contributed by atoms with Crippen LogP contribution >= 0.6 is 0 Å². The van der Waals surface area contributed by atoms with Crippen LogP contribution in [0, 0.1) is 0 Å². The second kappa shape index (κ2) is 6.87. The zero-order valence-electron chi connectivity index (χ0n) is 12.7. The molecule has 2 N–H and O–H groups in total. The molecule has 0 unspecified atom stereocenters. The Labute approximate surface area is 125 Å². The van der Waals surface area contributed by atoms with Crippen molar-refractivity contribution in [3.63, 3.8) is 0 Å². The van der Waals surface area contributed by atoms with Crippen molar-refractivity contribution in [2.45, 2.75) is 26.0 Å². The fourth-order valence-electron chi connectivity index (χ4n) is 2.45. The first-order valence-corrected chi connectivity index (χ1v) is 7.30. The van der Waals surface area contributed by atoms with Crippen LogP contribution < -0.4 is 5.32 Å². The molecular weight excluding hydrogens is 268 g/mol. The van der Waals surface area contributed by atoms with Crippen molar-refractivity contribution in [2.24, 2.45) is 0 Å². The predicted octanol–water partition coefficient (Wildman–Crippen LogP) is 0.680. The summed E-state index contributed by atoms with van der Waals surface area (Å²) in [4.78, 5) is 20.1. The molecule has 1 fully saturated rings. The Bertz CT molecular complexity index is 450. The molecule has 1 aliphatic heterocycles. The summed E-state index contributed by atoms with van der Waals surface area (Å²) in [6, 6.07) is 3.76. The van der Waals surface area contributed by atoms with Gasteiger partial charge in [0.25, 0.3) is 0 Å². The van der Waals surface area contributed by atoms with E-state index in [9.17, 15) is 9.90 Å². The number of β-amino-alcohol motifs (C(OH)–C–C–N with tert-alkyl or cyclic N) is 1. The number of piperazine rings is 1. The van der Waals surface area contributed by atoms with Crippen molar-refractivity contribution < 1.29 is 9.90 Å². The minimum atomic E-state index is -0.690. The van der Waals surface area contributed by atoms with Gasteiger partial charge in [-0.15, -0.1) is 0 Å². The number of carbonyl (C=O) groups is 1. The standard InChI is InChI=1S/C15H24N4O2/c1-15(2,21)12-18-6-8-19(9-7-18)14(20)17-11-13-4-3-5-16-10-13/h3-5,10,21H,6-9,11-12H2,1-2H3,(H,17,20). The number of hydrogen-bond donors (Lipinski definition) is 2. The summed E-state index contributed by atoms with van der Waals surface area (Å²) in [5.74, 6) is 0. The maximum Gasteiger partial charge on any atom is 0.317 e. The summed E-state index contributed by atoms with van der Waals surface area (Å²) in [5.41, 5.74) is 0.302. The van der Waals surface area contributed by atoms with E-state index in [2.05, 4.69) is 15.2 Å². The van der Waals surface area contributed by atoms with Crippen molar-refractivity contribution in [1.82, 2.24) is 20.1 Å². The highest BCUT2D eigenvalue weighted by Crippen LogP contribution is 2.08. The van der Waals surface area contributed by atoms with Gasteiger partial charge in [0.2, 0.25) is 0 Å². The van der Waals surface area contributed by atoms with Crippen molar-refractivity contribution in [3.05, 3.63) is 30.1 Å². The second-order valence-electron chi connectivity index (χ2n) is 6.10. The molecule has 0 radical (unpaired) electrons. The molecule has 0 spiro atoms. The minimum absolute atomic E-state index is 0.0400. The van der Waals surface area contributed by atoms with E-state index < -0.39 is 5.60 Å². The predicted molar refractivity (Wildman–Crippen MR) is 80.8 cm³/mol. The number of nitrogens with one attached hydrogen (secondary N) is 1. The fraction of sp³-hybridized carbons (Fsp3) is 0.600. The first-order chi connectivity index (χ1) is 9.94. The lowest BCUT2D eigenvalue weighted by Gasteiger charge is -2.37. The number of amides is 2. The largest absolute Gasteiger partial charge is 0.389 e. The third kappa shape index (κ3) is 5.32. The number of pyridine rings is 1. The molecule has 1 aliphatic rings. The van der Waals surface area contributed by atoms with Crippen LogP contribution in [-0.2, 0) is 6.54 Å². The Hall–Kier alpha value is -1.66. The molecule has 2 rings (SSSR count). The van der Waals surface area contributed by atoms with Crippen molar-refractivity contribution in [2.75, 3.05) is 32.7 Å². The van der Waals surface area contributed by atoms with Gasteiger partial charge in [-0.05, 0) is 25.5 Å². The molecule has 2 heterocycles. The van der Waals surface area contributed by atoms with E-state index in [1.165, 1.54) is 0 Å². The Kier molecular flexibility index (Phi) is 5.14. The lowest BCUT2D eigenvalue weighted by Crippen LogP contribution is -2.54. The van der Waals surface area contributed by atoms with Crippen LogP contribution in [0.5, 0.6) is 0 Å². The Morgan fingerprint density at radius 1 is 1.38 bits per heavy atom. The van der Waals surface area contributed by atoms with Crippen LogP contribution in [0.15, 0.2) is 24.5 Å². The van der Waals surface area contributed by atoms with E-state index in [4.69, 9.17) is 0 Å². The molecule has 2 amide bonds. The van der Waals surface area contributed by atoms with Gasteiger partial charge in [-0.25, -0.2) is 4.79 Å². The van der Waals surface area contributed by atoms with E-state index in [1.54, 1.807) is 26.2 Å². The summed E-state index contributed by atoms with van der Waals surface area (Å²) in [6.45, 7) is 7.72. The van der Waals surface area contributed by atoms with E-state index >= 15 is 0 Å². The average molecular weight is 292 g/mol. The highest BCUT2D eigenvalue weighted by atomic mass is 16.3. The summed E-state index contributed by atoms with van der Waals surface area (Å²) >= 11 is 0. The second-order valence-corrected chi connectivity index (χ2v) is 6.10. The zero-order chi connectivity index (χ0) is 15.3. The topological polar surface area (TPSA) is 68.7 Å². The van der Waals surface area contributed by atoms with E-state index in [-0.39, 0.29) is 6.03 Å². The van der Waals surface area contributed by atoms with Crippen molar-refractivity contribution in [3.8, 4) is 0 Å². The first-order valence-electron chi connectivity index (χ1n) is 7.30. The van der Waals surface area contributed by atoms with E-state index in [0.717, 1.165) is 18.7 Å². The van der Waals surface area contributed by atoms with E-state index in [1.807, 2.05) is 17.0 Å². The summed E-state index contributed by atoms with van der Waals surface area (Å²) in [6.07, 6.45) is 3.47. The third-order valence-corrected chi connectivity index (χ3v) is 3.44. The van der Waals surface area contributed by atoms with Gasteiger partial charge in [-0.3, -0.25) is 9.88 Å². The molecule has 116 valence electrons. The Morgan fingerprint density at radius 3 is 2.67 bits per heavy atom. The zero-order valence-corrected chi connectivity index (χ0v) is 12.7. The van der Waals surface area contributed by atoms with Crippen LogP contribution in [0.4, 0.5) is 4.79 Å². The van der Waals surface area contributed by atoms with E-state index in [0.29, 0.717) is 26.2 Å². The van der Waals surface area contributed by atoms with Crippen molar-refractivity contribution in [1.29, 1.82) is 0 Å². The van der Waals surface area contributed by atoms with Crippen LogP contribution in [-0.4, -0.2) is 64.2 Å². The van der Waals surface area contributed by atoms with Gasteiger partial charge in [0.1, 0.15) is 0 Å². The molecule has 0 aliphatic carbocycles. The molecule has 0 bridgehead atoms. The normalized spacial score (nSPS) is 16.8. The lowest BCUT2D eigenvalue weighted by molar-refractivity contribution is 0.0225. The Balaban J connectivity index is 1.73. The molecule has 1 aromatic rings. The number of nitrogens with zero attached hydrogens (tertiary/aromatic N) is 3. The highest BCUT2D eigenvalue weighted by Gasteiger charge is 2.24. The quantitative estimate of drug-likeness (QED) is 0.856. The maximum atomic E-state index is 12.1. The van der Waals surface area contributed by atoms with Gasteiger partial charge >= 0.3 is 6.03 Å². The number of hydrogen-bond acceptors (Lipinski definition) is 4. The molecule has 1 saturated heterocycles. The first kappa shape index (κ1) is 15.7. The van der Waals surface area contributed by atoms with Gasteiger partial charge < -0.3 is 15.3 Å². The molecular formula is C15H24N4O2. The number of aromatic nitrogens is 1. The lowest BCUT2D eigenvalue weighted by atomic mass is 10.1. The van der Waals surface area contributed by atoms with Gasteiger partial charge in [-0.1, -0.05) is 6.07 Å².